The summed E-state index contributed by atoms with van der Waals surface area (Å²) >= 11 is 3.40. The summed E-state index contributed by atoms with van der Waals surface area (Å²) in [6.07, 6.45) is 2.46. The molecule has 0 spiro atoms. The monoisotopic (exact) mass is 822 g/mol. The molecule has 8 rings (SSSR count). The minimum atomic E-state index is -1.21. The Morgan fingerprint density at radius 1 is 0.724 bits per heavy atom. The number of imidazole rings is 2. The predicted octanol–water partition coefficient (Wildman–Crippen LogP) is 8.47. The number of nitrogens with one attached hydrogen (secondary N) is 4. The van der Waals surface area contributed by atoms with Gasteiger partial charge >= 0.3 is 12.2 Å². The number of rotatable bonds is 11. The number of thiophene rings is 2. The van der Waals surface area contributed by atoms with E-state index in [0.29, 0.717) is 24.7 Å². The summed E-state index contributed by atoms with van der Waals surface area (Å²) in [7, 11) is 0. The fraction of sp³-hybridized carbons (Fsp3) is 0.381. The third-order valence-corrected chi connectivity index (χ3v) is 13.5. The van der Waals surface area contributed by atoms with Crippen LogP contribution in [0, 0.1) is 11.8 Å². The summed E-state index contributed by atoms with van der Waals surface area (Å²) in [6.45, 7) is 8.44. The molecule has 4 aromatic heterocycles. The summed E-state index contributed by atoms with van der Waals surface area (Å²) in [5.41, 5.74) is 7.86. The standard InChI is InChI=1S/C42H46N8O6S2/c1-21(2)32(47-41(53)54)39(51)49-16-6-10-30(49)37-43-18-29(45-37)24-14-12-23(13-15-24)26-19-57-36-27(20-58-35(26)36)25-8-5-9-28-34(25)46-38(44-28)31-11-7-17-50(31)40(52)33(22(3)4)48-42(55)56/h5,8-9,12-15,18-22,30-33,47-48H,6-7,10-11,16-17H2,1-4H3,(H,43,45)(H,44,46)(H,53,54)(H,55,56)/t30?,31?,32-,33-/m0/s1. The van der Waals surface area contributed by atoms with Gasteiger partial charge in [-0.2, -0.15) is 0 Å². The van der Waals surface area contributed by atoms with E-state index in [9.17, 15) is 29.4 Å². The molecule has 2 saturated heterocycles. The first-order valence-corrected chi connectivity index (χ1v) is 21.4. The smallest absolute Gasteiger partial charge is 0.405 e. The van der Waals surface area contributed by atoms with Crippen LogP contribution in [0.5, 0.6) is 0 Å². The molecule has 4 atom stereocenters. The molecule has 4 amide bonds. The second-order valence-corrected chi connectivity index (χ2v) is 17.5. The van der Waals surface area contributed by atoms with Gasteiger partial charge in [0.15, 0.2) is 0 Å². The molecule has 6 N–H and O–H groups in total. The van der Waals surface area contributed by atoms with Crippen molar-refractivity contribution >= 4 is 67.1 Å². The number of amides is 4. The molecule has 2 fully saturated rings. The van der Waals surface area contributed by atoms with E-state index in [1.54, 1.807) is 38.7 Å². The first-order chi connectivity index (χ1) is 27.9. The first-order valence-electron chi connectivity index (χ1n) is 19.6. The van der Waals surface area contributed by atoms with Crippen LogP contribution in [0.15, 0.2) is 59.4 Å². The van der Waals surface area contributed by atoms with Gasteiger partial charge in [-0.05, 0) is 54.7 Å². The molecule has 2 aromatic carbocycles. The molecule has 6 heterocycles. The number of aromatic nitrogens is 4. The van der Waals surface area contributed by atoms with Gasteiger partial charge in [0.05, 0.1) is 44.4 Å². The van der Waals surface area contributed by atoms with Crippen LogP contribution in [0.3, 0.4) is 0 Å². The van der Waals surface area contributed by atoms with E-state index in [0.717, 1.165) is 70.2 Å². The van der Waals surface area contributed by atoms with Gasteiger partial charge < -0.3 is 40.6 Å². The van der Waals surface area contributed by atoms with Gasteiger partial charge in [-0.25, -0.2) is 19.6 Å². The number of hydrogen-bond acceptors (Lipinski definition) is 8. The van der Waals surface area contributed by atoms with Gasteiger partial charge in [-0.1, -0.05) is 64.1 Å². The van der Waals surface area contributed by atoms with E-state index in [2.05, 4.69) is 66.7 Å². The molecule has 0 bridgehead atoms. The molecule has 0 aliphatic carbocycles. The van der Waals surface area contributed by atoms with Gasteiger partial charge in [0.25, 0.3) is 0 Å². The zero-order chi connectivity index (χ0) is 40.8. The highest BCUT2D eigenvalue weighted by atomic mass is 32.1. The first kappa shape index (κ1) is 39.1. The maximum Gasteiger partial charge on any atom is 0.405 e. The van der Waals surface area contributed by atoms with Crippen LogP contribution in [0.1, 0.15) is 77.1 Å². The molecule has 0 saturated carbocycles. The predicted molar refractivity (Wildman–Crippen MR) is 225 cm³/mol. The Morgan fingerprint density at radius 3 is 1.86 bits per heavy atom. The zero-order valence-corrected chi connectivity index (χ0v) is 34.2. The van der Waals surface area contributed by atoms with Crippen LogP contribution in [-0.4, -0.2) is 89.1 Å². The Kier molecular flexibility index (Phi) is 10.7. The van der Waals surface area contributed by atoms with Gasteiger partial charge in [0, 0.05) is 40.5 Å². The Bertz CT molecular complexity index is 2500. The van der Waals surface area contributed by atoms with Crippen molar-refractivity contribution in [2.45, 2.75) is 77.5 Å². The number of H-pyrrole nitrogens is 2. The van der Waals surface area contributed by atoms with E-state index in [1.807, 2.05) is 39.8 Å². The Balaban J connectivity index is 1.01. The third kappa shape index (κ3) is 7.30. The van der Waals surface area contributed by atoms with Crippen molar-refractivity contribution in [2.24, 2.45) is 11.8 Å². The fourth-order valence-corrected chi connectivity index (χ4v) is 10.8. The minimum absolute atomic E-state index is 0.191. The number of fused-ring (bicyclic) bond motifs is 2. The van der Waals surface area contributed by atoms with Gasteiger partial charge in [-0.15, -0.1) is 22.7 Å². The van der Waals surface area contributed by atoms with Crippen molar-refractivity contribution in [1.82, 2.24) is 40.4 Å². The quantitative estimate of drug-likeness (QED) is 0.0748. The van der Waals surface area contributed by atoms with Gasteiger partial charge in [0.1, 0.15) is 23.7 Å². The number of aromatic amines is 2. The average Bonchev–Trinajstić information content (AvgIpc) is 4.04. The van der Waals surface area contributed by atoms with Gasteiger partial charge in [0.2, 0.25) is 11.8 Å². The Hall–Kier alpha value is -5.74. The van der Waals surface area contributed by atoms with Crippen LogP contribution < -0.4 is 10.6 Å². The fourth-order valence-electron chi connectivity index (χ4n) is 8.39. The van der Waals surface area contributed by atoms with E-state index >= 15 is 0 Å². The molecule has 302 valence electrons. The van der Waals surface area contributed by atoms with Crippen molar-refractivity contribution in [1.29, 1.82) is 0 Å². The van der Waals surface area contributed by atoms with E-state index in [4.69, 9.17) is 4.98 Å². The van der Waals surface area contributed by atoms with Crippen molar-refractivity contribution in [2.75, 3.05) is 13.1 Å². The molecule has 14 nitrogen and oxygen atoms in total. The largest absolute Gasteiger partial charge is 0.465 e. The molecule has 2 aliphatic heterocycles. The van der Waals surface area contributed by atoms with Crippen LogP contribution >= 0.6 is 22.7 Å². The van der Waals surface area contributed by atoms with Crippen molar-refractivity contribution in [3.63, 3.8) is 0 Å². The lowest BCUT2D eigenvalue weighted by Crippen LogP contribution is -2.50. The van der Waals surface area contributed by atoms with Gasteiger partial charge in [-0.3, -0.25) is 9.59 Å². The van der Waals surface area contributed by atoms with E-state index < -0.39 is 24.3 Å². The van der Waals surface area contributed by atoms with E-state index in [-0.39, 0.29) is 35.7 Å². The summed E-state index contributed by atoms with van der Waals surface area (Å²) in [5, 5.41) is 27.9. The summed E-state index contributed by atoms with van der Waals surface area (Å²) in [6, 6.07) is 12.3. The number of carbonyl (C=O) groups is 4. The Labute approximate surface area is 342 Å². The van der Waals surface area contributed by atoms with Crippen molar-refractivity contribution in [3.8, 4) is 33.5 Å². The number of benzene rings is 2. The lowest BCUT2D eigenvalue weighted by atomic mass is 10.0. The highest BCUT2D eigenvalue weighted by molar-refractivity contribution is 7.27. The number of nitrogens with zero attached hydrogens (tertiary/aromatic N) is 4. The summed E-state index contributed by atoms with van der Waals surface area (Å²) < 4.78 is 2.36. The SMILES string of the molecule is CC(C)[C@H](NC(=O)O)C(=O)N1CCCC1c1ncc(-c2ccc(-c3csc4c(-c5cccc6[nH]c(C7CCCN7C(=O)[C@@H](NC(=O)O)C(C)C)nc56)csc34)cc2)[nH]1. The normalized spacial score (nSPS) is 18.1. The number of para-hydroxylation sites is 1. The second kappa shape index (κ2) is 15.9. The van der Waals surface area contributed by atoms with Crippen LogP contribution in [-0.2, 0) is 9.59 Å². The zero-order valence-electron chi connectivity index (χ0n) is 32.6. The van der Waals surface area contributed by atoms with E-state index in [1.165, 1.54) is 9.40 Å². The van der Waals surface area contributed by atoms with Crippen LogP contribution in [0.2, 0.25) is 0 Å². The highest BCUT2D eigenvalue weighted by Gasteiger charge is 2.39. The molecule has 0 radical (unpaired) electrons. The topological polar surface area (TPSA) is 197 Å². The molecule has 6 aromatic rings. The highest BCUT2D eigenvalue weighted by Crippen LogP contribution is 2.46. The lowest BCUT2D eigenvalue weighted by Gasteiger charge is -2.29. The minimum Gasteiger partial charge on any atom is -0.465 e. The molecular weight excluding hydrogens is 777 g/mol. The Morgan fingerprint density at radius 2 is 1.28 bits per heavy atom. The molecule has 2 unspecified atom stereocenters. The molecular formula is C42H46N8O6S2. The molecule has 58 heavy (non-hydrogen) atoms. The number of likely N-dealkylation sites (tertiary alicyclic amines) is 2. The molecule has 16 heteroatoms. The van der Waals surface area contributed by atoms with Crippen LogP contribution in [0.4, 0.5) is 9.59 Å². The second-order valence-electron chi connectivity index (χ2n) is 15.8. The number of hydrogen-bond donors (Lipinski definition) is 6. The summed E-state index contributed by atoms with van der Waals surface area (Å²) in [5.74, 6) is 0.541. The molecule has 2 aliphatic rings. The van der Waals surface area contributed by atoms with Crippen molar-refractivity contribution < 1.29 is 29.4 Å². The van der Waals surface area contributed by atoms with Crippen molar-refractivity contribution in [3.05, 3.63) is 71.1 Å². The number of carboxylic acid groups (broad SMARTS) is 2. The maximum atomic E-state index is 13.6. The average molecular weight is 823 g/mol. The third-order valence-electron chi connectivity index (χ3n) is 11.3. The van der Waals surface area contributed by atoms with Crippen LogP contribution in [0.25, 0.3) is 53.9 Å². The maximum absolute atomic E-state index is 13.6. The summed E-state index contributed by atoms with van der Waals surface area (Å²) in [4.78, 5) is 70.1. The number of carbonyl (C=O) groups excluding carboxylic acids is 2. The lowest BCUT2D eigenvalue weighted by molar-refractivity contribution is -0.136.